The van der Waals surface area contributed by atoms with E-state index >= 15 is 0 Å². The van der Waals surface area contributed by atoms with E-state index in [0.717, 1.165) is 22.5 Å². The van der Waals surface area contributed by atoms with Gasteiger partial charge in [-0.15, -0.1) is 0 Å². The third-order valence-electron chi connectivity index (χ3n) is 6.29. The van der Waals surface area contributed by atoms with Crippen LogP contribution in [0.2, 0.25) is 0 Å². The number of imidazole rings is 1. The Hall–Kier alpha value is -5.58. The second-order valence-electron chi connectivity index (χ2n) is 9.12. The number of aryl methyl sites for hydroxylation is 1. The van der Waals surface area contributed by atoms with E-state index in [2.05, 4.69) is 30.6 Å². The van der Waals surface area contributed by atoms with E-state index in [4.69, 9.17) is 10.5 Å². The highest BCUT2D eigenvalue weighted by molar-refractivity contribution is 6.06. The average Bonchev–Trinajstić information content (AvgIpc) is 3.43. The Labute approximate surface area is 236 Å². The minimum absolute atomic E-state index is 0.00180. The highest BCUT2D eigenvalue weighted by Gasteiger charge is 2.17. The topological polar surface area (TPSA) is 150 Å². The molecule has 0 unspecified atom stereocenters. The summed E-state index contributed by atoms with van der Waals surface area (Å²) in [5, 5.41) is 5.60. The van der Waals surface area contributed by atoms with Crippen molar-refractivity contribution < 1.29 is 14.3 Å². The molecule has 2 amide bonds. The van der Waals surface area contributed by atoms with Crippen molar-refractivity contribution in [3.63, 3.8) is 0 Å². The highest BCUT2D eigenvalue weighted by Crippen LogP contribution is 2.23. The van der Waals surface area contributed by atoms with Crippen LogP contribution in [0.4, 0.5) is 16.3 Å². The SMILES string of the molecule is Cc1nccn1-c1ccncc1NC(=O)c1nc(-c2ccc(CCNC(=O)OCc3ccccc3)cc2)cnc1N. The van der Waals surface area contributed by atoms with Crippen LogP contribution in [-0.2, 0) is 17.8 Å². The van der Waals surface area contributed by atoms with Crippen molar-refractivity contribution in [2.75, 3.05) is 17.6 Å². The van der Waals surface area contributed by atoms with Crippen LogP contribution in [0, 0.1) is 6.92 Å². The number of anilines is 2. The van der Waals surface area contributed by atoms with Gasteiger partial charge in [-0.2, -0.15) is 0 Å². The Morgan fingerprint density at radius 2 is 1.76 bits per heavy atom. The minimum atomic E-state index is -0.509. The van der Waals surface area contributed by atoms with E-state index in [9.17, 15) is 9.59 Å². The first-order valence-corrected chi connectivity index (χ1v) is 12.9. The van der Waals surface area contributed by atoms with Crippen LogP contribution in [0.3, 0.4) is 0 Å². The number of ether oxygens (including phenoxy) is 1. The summed E-state index contributed by atoms with van der Waals surface area (Å²) >= 11 is 0. The summed E-state index contributed by atoms with van der Waals surface area (Å²) in [7, 11) is 0. The van der Waals surface area contributed by atoms with Crippen molar-refractivity contribution in [2.45, 2.75) is 20.0 Å². The fourth-order valence-electron chi connectivity index (χ4n) is 4.14. The summed E-state index contributed by atoms with van der Waals surface area (Å²) in [6.07, 6.45) is 8.34. The van der Waals surface area contributed by atoms with Gasteiger partial charge in [0.25, 0.3) is 5.91 Å². The third kappa shape index (κ3) is 6.71. The summed E-state index contributed by atoms with van der Waals surface area (Å²) in [5.41, 5.74) is 10.4. The Kier molecular flexibility index (Phi) is 8.24. The van der Waals surface area contributed by atoms with Gasteiger partial charge in [-0.1, -0.05) is 54.6 Å². The highest BCUT2D eigenvalue weighted by atomic mass is 16.5. The van der Waals surface area contributed by atoms with E-state index < -0.39 is 12.0 Å². The maximum absolute atomic E-state index is 13.2. The number of alkyl carbamates (subject to hydrolysis) is 1. The van der Waals surface area contributed by atoms with Gasteiger partial charge in [0, 0.05) is 30.7 Å². The smallest absolute Gasteiger partial charge is 0.407 e. The second kappa shape index (κ2) is 12.5. The molecule has 0 spiro atoms. The summed E-state index contributed by atoms with van der Waals surface area (Å²) in [4.78, 5) is 42.2. The Balaban J connectivity index is 1.20. The number of benzene rings is 2. The van der Waals surface area contributed by atoms with Gasteiger partial charge >= 0.3 is 6.09 Å². The van der Waals surface area contributed by atoms with Crippen LogP contribution >= 0.6 is 0 Å². The van der Waals surface area contributed by atoms with Crippen LogP contribution in [0.1, 0.15) is 27.4 Å². The molecule has 11 nitrogen and oxygen atoms in total. The van der Waals surface area contributed by atoms with Crippen molar-refractivity contribution in [1.29, 1.82) is 0 Å². The number of nitrogens with zero attached hydrogens (tertiary/aromatic N) is 5. The van der Waals surface area contributed by atoms with Gasteiger partial charge in [-0.05, 0) is 30.5 Å². The monoisotopic (exact) mass is 548 g/mol. The number of pyridine rings is 1. The molecule has 0 saturated carbocycles. The number of carbonyl (C=O) groups excluding carboxylic acids is 2. The zero-order chi connectivity index (χ0) is 28.6. The van der Waals surface area contributed by atoms with Crippen LogP contribution < -0.4 is 16.4 Å². The first-order valence-electron chi connectivity index (χ1n) is 12.9. The van der Waals surface area contributed by atoms with Gasteiger partial charge in [0.05, 0.1) is 29.5 Å². The number of carbonyl (C=O) groups is 2. The predicted octanol–water partition coefficient (Wildman–Crippen LogP) is 4.34. The summed E-state index contributed by atoms with van der Waals surface area (Å²) in [5.74, 6) is 0.262. The summed E-state index contributed by atoms with van der Waals surface area (Å²) in [6.45, 7) is 2.51. The molecule has 0 bridgehead atoms. The molecule has 0 saturated heterocycles. The van der Waals surface area contributed by atoms with Crippen molar-refractivity contribution in [3.05, 3.63) is 114 Å². The molecule has 11 heteroatoms. The van der Waals surface area contributed by atoms with Crippen molar-refractivity contribution >= 4 is 23.5 Å². The first-order chi connectivity index (χ1) is 20.0. The van der Waals surface area contributed by atoms with Gasteiger partial charge in [-0.25, -0.2) is 19.7 Å². The molecule has 4 N–H and O–H groups in total. The van der Waals surface area contributed by atoms with E-state index in [1.54, 1.807) is 30.9 Å². The molecule has 3 heterocycles. The molecule has 0 atom stereocenters. The second-order valence-corrected chi connectivity index (χ2v) is 9.12. The Morgan fingerprint density at radius 1 is 0.951 bits per heavy atom. The number of nitrogen functional groups attached to an aromatic ring is 1. The number of hydrogen-bond acceptors (Lipinski definition) is 8. The lowest BCUT2D eigenvalue weighted by Crippen LogP contribution is -2.26. The molecule has 0 fully saturated rings. The van der Waals surface area contributed by atoms with Crippen LogP contribution in [0.25, 0.3) is 16.9 Å². The fraction of sp³-hybridized carbons (Fsp3) is 0.133. The zero-order valence-corrected chi connectivity index (χ0v) is 22.3. The predicted molar refractivity (Wildman–Crippen MR) is 154 cm³/mol. The standard InChI is InChI=1S/C30H28N8O3/c1-20-33-15-16-38(20)26-12-13-32-17-25(26)37-29(39)27-28(31)35-18-24(36-27)23-9-7-21(8-10-23)11-14-34-30(40)41-19-22-5-3-2-4-6-22/h2-10,12-13,15-18H,11,14,19H2,1H3,(H2,31,35)(H,34,40)(H,37,39). The lowest BCUT2D eigenvalue weighted by atomic mass is 10.1. The molecule has 2 aromatic carbocycles. The quantitative estimate of drug-likeness (QED) is 0.246. The lowest BCUT2D eigenvalue weighted by Gasteiger charge is -2.13. The number of amides is 2. The van der Waals surface area contributed by atoms with Gasteiger partial charge in [0.15, 0.2) is 11.5 Å². The molecule has 41 heavy (non-hydrogen) atoms. The molecule has 0 aliphatic heterocycles. The Morgan fingerprint density at radius 3 is 2.51 bits per heavy atom. The molecule has 206 valence electrons. The van der Waals surface area contributed by atoms with Crippen molar-refractivity contribution in [2.24, 2.45) is 0 Å². The lowest BCUT2D eigenvalue weighted by molar-refractivity contribution is 0.102. The third-order valence-corrected chi connectivity index (χ3v) is 6.29. The summed E-state index contributed by atoms with van der Waals surface area (Å²) < 4.78 is 7.08. The molecule has 0 radical (unpaired) electrons. The molecule has 0 aliphatic carbocycles. The maximum atomic E-state index is 13.2. The molecule has 5 aromatic rings. The maximum Gasteiger partial charge on any atom is 0.407 e. The molecule has 5 rings (SSSR count). The number of rotatable bonds is 9. The summed E-state index contributed by atoms with van der Waals surface area (Å²) in [6, 6.07) is 18.9. The van der Waals surface area contributed by atoms with Gasteiger partial charge in [-0.3, -0.25) is 9.78 Å². The van der Waals surface area contributed by atoms with Crippen LogP contribution in [0.5, 0.6) is 0 Å². The van der Waals surface area contributed by atoms with Crippen molar-refractivity contribution in [1.82, 2.24) is 29.8 Å². The first kappa shape index (κ1) is 27.0. The fourth-order valence-corrected chi connectivity index (χ4v) is 4.14. The van der Waals surface area contributed by atoms with Gasteiger partial charge in [0.1, 0.15) is 12.4 Å². The van der Waals surface area contributed by atoms with Gasteiger partial charge in [0.2, 0.25) is 0 Å². The van der Waals surface area contributed by atoms with Crippen LogP contribution in [-0.4, -0.2) is 43.0 Å². The van der Waals surface area contributed by atoms with E-state index in [-0.39, 0.29) is 18.1 Å². The molecular weight excluding hydrogens is 520 g/mol. The van der Waals surface area contributed by atoms with Gasteiger partial charge < -0.3 is 25.7 Å². The van der Waals surface area contributed by atoms with E-state index in [1.165, 1.54) is 6.20 Å². The Bertz CT molecular complexity index is 1650. The van der Waals surface area contributed by atoms with E-state index in [1.807, 2.05) is 66.1 Å². The largest absolute Gasteiger partial charge is 0.445 e. The number of aromatic nitrogens is 5. The van der Waals surface area contributed by atoms with E-state index in [0.29, 0.717) is 30.0 Å². The molecular formula is C30H28N8O3. The minimum Gasteiger partial charge on any atom is -0.445 e. The number of hydrogen-bond donors (Lipinski definition) is 3. The normalized spacial score (nSPS) is 10.7. The molecule has 3 aromatic heterocycles. The zero-order valence-electron chi connectivity index (χ0n) is 22.3. The number of nitrogens with one attached hydrogen (secondary N) is 2. The number of nitrogens with two attached hydrogens (primary N) is 1. The van der Waals surface area contributed by atoms with Crippen molar-refractivity contribution in [3.8, 4) is 16.9 Å². The molecule has 0 aliphatic rings. The average molecular weight is 549 g/mol. The van der Waals surface area contributed by atoms with Crippen LogP contribution in [0.15, 0.2) is 91.6 Å².